The summed E-state index contributed by atoms with van der Waals surface area (Å²) in [6.45, 7) is 2.10. The molecule has 0 aromatic carbocycles. The van der Waals surface area contributed by atoms with E-state index in [2.05, 4.69) is 17.2 Å². The molecule has 2 unspecified atom stereocenters. The van der Waals surface area contributed by atoms with Crippen LogP contribution >= 0.6 is 0 Å². The largest absolute Gasteiger partial charge is 0.323 e. The molecule has 1 saturated carbocycles. The van der Waals surface area contributed by atoms with Gasteiger partial charge in [-0.15, -0.1) is 0 Å². The van der Waals surface area contributed by atoms with Gasteiger partial charge >= 0.3 is 0 Å². The first-order chi connectivity index (χ1) is 8.49. The maximum atomic E-state index is 12.7. The number of rotatable bonds is 2. The quantitative estimate of drug-likeness (QED) is 0.791. The van der Waals surface area contributed by atoms with E-state index < -0.39 is 11.5 Å². The lowest BCUT2D eigenvalue weighted by Crippen LogP contribution is -2.53. The highest BCUT2D eigenvalue weighted by Crippen LogP contribution is 2.31. The second kappa shape index (κ2) is 5.02. The fourth-order valence-electron chi connectivity index (χ4n) is 2.50. The van der Waals surface area contributed by atoms with Crippen molar-refractivity contribution in [3.8, 4) is 0 Å². The number of nitrogens with one attached hydrogen (secondary N) is 1. The zero-order valence-electron chi connectivity index (χ0n) is 10.4. The minimum absolute atomic E-state index is 0.206. The Bertz CT molecular complexity index is 434. The van der Waals surface area contributed by atoms with Gasteiger partial charge in [-0.25, -0.2) is 4.98 Å². The van der Waals surface area contributed by atoms with Gasteiger partial charge in [-0.3, -0.25) is 4.79 Å². The lowest BCUT2D eigenvalue weighted by atomic mass is 9.76. The van der Waals surface area contributed by atoms with Gasteiger partial charge in [0.25, 0.3) is 0 Å². The Morgan fingerprint density at radius 2 is 2.39 bits per heavy atom. The number of hydrogen-bond donors (Lipinski definition) is 2. The van der Waals surface area contributed by atoms with Crippen LogP contribution in [0.4, 0.5) is 10.1 Å². The van der Waals surface area contributed by atoms with Crippen molar-refractivity contribution in [2.24, 2.45) is 11.7 Å². The molecule has 0 radical (unpaired) electrons. The SMILES string of the molecule is CC1CCCC(N)(C(=O)Nc2ccc(F)nc2)C1. The Balaban J connectivity index is 2.04. The summed E-state index contributed by atoms with van der Waals surface area (Å²) in [5, 5.41) is 2.71. The van der Waals surface area contributed by atoms with Gasteiger partial charge in [-0.1, -0.05) is 19.8 Å². The van der Waals surface area contributed by atoms with Crippen molar-refractivity contribution in [3.63, 3.8) is 0 Å². The van der Waals surface area contributed by atoms with Crippen molar-refractivity contribution < 1.29 is 9.18 Å². The maximum absolute atomic E-state index is 12.7. The normalized spacial score (nSPS) is 27.8. The Kier molecular flexibility index (Phi) is 3.61. The van der Waals surface area contributed by atoms with Crippen LogP contribution in [-0.2, 0) is 4.79 Å². The lowest BCUT2D eigenvalue weighted by molar-refractivity contribution is -0.122. The molecule has 0 bridgehead atoms. The van der Waals surface area contributed by atoms with Crippen LogP contribution in [0.15, 0.2) is 18.3 Å². The van der Waals surface area contributed by atoms with E-state index in [9.17, 15) is 9.18 Å². The molecule has 2 atom stereocenters. The molecular formula is C13H18FN3O. The molecule has 18 heavy (non-hydrogen) atoms. The monoisotopic (exact) mass is 251 g/mol. The fraction of sp³-hybridized carbons (Fsp3) is 0.538. The molecular weight excluding hydrogens is 233 g/mol. The second-order valence-electron chi connectivity index (χ2n) is 5.18. The fourth-order valence-corrected chi connectivity index (χ4v) is 2.50. The summed E-state index contributed by atoms with van der Waals surface area (Å²) in [5.41, 5.74) is 5.83. The van der Waals surface area contributed by atoms with Gasteiger partial charge in [0.15, 0.2) is 0 Å². The Morgan fingerprint density at radius 1 is 1.61 bits per heavy atom. The number of nitrogens with two attached hydrogens (primary N) is 1. The molecule has 1 aromatic heterocycles. The molecule has 4 nitrogen and oxygen atoms in total. The molecule has 3 N–H and O–H groups in total. The van der Waals surface area contributed by atoms with E-state index in [4.69, 9.17) is 5.73 Å². The predicted octanol–water partition coefficient (Wildman–Crippen LogP) is 2.07. The van der Waals surface area contributed by atoms with Crippen molar-refractivity contribution in [2.75, 3.05) is 5.32 Å². The zero-order chi connectivity index (χ0) is 13.2. The Labute approximate surface area is 106 Å². The van der Waals surface area contributed by atoms with Crippen LogP contribution in [0.3, 0.4) is 0 Å². The average Bonchev–Trinajstić information content (AvgIpc) is 2.32. The second-order valence-corrected chi connectivity index (χ2v) is 5.18. The Morgan fingerprint density at radius 3 is 3.00 bits per heavy atom. The third kappa shape index (κ3) is 2.85. The number of anilines is 1. The van der Waals surface area contributed by atoms with Crippen molar-refractivity contribution in [1.82, 2.24) is 4.98 Å². The maximum Gasteiger partial charge on any atom is 0.244 e. The summed E-state index contributed by atoms with van der Waals surface area (Å²) < 4.78 is 12.7. The zero-order valence-corrected chi connectivity index (χ0v) is 10.4. The summed E-state index contributed by atoms with van der Waals surface area (Å²) in [6.07, 6.45) is 4.76. The van der Waals surface area contributed by atoms with Crippen molar-refractivity contribution in [1.29, 1.82) is 0 Å². The van der Waals surface area contributed by atoms with Gasteiger partial charge < -0.3 is 11.1 Å². The third-order valence-corrected chi connectivity index (χ3v) is 3.47. The van der Waals surface area contributed by atoms with Crippen LogP contribution in [0.25, 0.3) is 0 Å². The number of hydrogen-bond acceptors (Lipinski definition) is 3. The molecule has 98 valence electrons. The van der Waals surface area contributed by atoms with Gasteiger partial charge in [0, 0.05) is 0 Å². The van der Waals surface area contributed by atoms with Crippen LogP contribution in [0.1, 0.15) is 32.6 Å². The summed E-state index contributed by atoms with van der Waals surface area (Å²) in [6, 6.07) is 2.69. The van der Waals surface area contributed by atoms with Crippen molar-refractivity contribution in [2.45, 2.75) is 38.1 Å². The van der Waals surface area contributed by atoms with Crippen LogP contribution in [-0.4, -0.2) is 16.4 Å². The van der Waals surface area contributed by atoms with Crippen LogP contribution < -0.4 is 11.1 Å². The third-order valence-electron chi connectivity index (χ3n) is 3.47. The van der Waals surface area contributed by atoms with E-state index in [1.165, 1.54) is 18.3 Å². The molecule has 1 amide bonds. The van der Waals surface area contributed by atoms with Gasteiger partial charge in [0.1, 0.15) is 0 Å². The first-order valence-corrected chi connectivity index (χ1v) is 6.21. The van der Waals surface area contributed by atoms with Crippen molar-refractivity contribution in [3.05, 3.63) is 24.3 Å². The number of amides is 1. The minimum atomic E-state index is -0.813. The summed E-state index contributed by atoms with van der Waals surface area (Å²) >= 11 is 0. The average molecular weight is 251 g/mol. The van der Waals surface area contributed by atoms with Crippen LogP contribution in [0, 0.1) is 11.9 Å². The molecule has 1 aliphatic rings. The standard InChI is InChI=1S/C13H18FN3O/c1-9-3-2-6-13(15,7-9)12(18)17-10-4-5-11(14)16-8-10/h4-5,8-9H,2-3,6-7,15H2,1H3,(H,17,18). The number of aromatic nitrogens is 1. The highest BCUT2D eigenvalue weighted by atomic mass is 19.1. The molecule has 2 rings (SSSR count). The van der Waals surface area contributed by atoms with Crippen molar-refractivity contribution >= 4 is 11.6 Å². The minimum Gasteiger partial charge on any atom is -0.323 e. The number of carbonyl (C=O) groups is 1. The first-order valence-electron chi connectivity index (χ1n) is 6.21. The number of halogens is 1. The molecule has 1 aromatic rings. The topological polar surface area (TPSA) is 68.0 Å². The van der Waals surface area contributed by atoms with Gasteiger partial charge in [-0.2, -0.15) is 4.39 Å². The molecule has 1 heterocycles. The first kappa shape index (κ1) is 13.0. The molecule has 0 saturated heterocycles. The van der Waals surface area contributed by atoms with E-state index in [0.717, 1.165) is 12.8 Å². The molecule has 1 aliphatic carbocycles. The molecule has 1 fully saturated rings. The smallest absolute Gasteiger partial charge is 0.244 e. The molecule has 0 spiro atoms. The lowest BCUT2D eigenvalue weighted by Gasteiger charge is -2.35. The van der Waals surface area contributed by atoms with E-state index in [1.54, 1.807) is 0 Å². The summed E-state index contributed by atoms with van der Waals surface area (Å²) in [5.74, 6) is -0.315. The predicted molar refractivity (Wildman–Crippen MR) is 67.4 cm³/mol. The van der Waals surface area contributed by atoms with E-state index in [1.807, 2.05) is 0 Å². The Hall–Kier alpha value is -1.49. The van der Waals surface area contributed by atoms with Crippen LogP contribution in [0.2, 0.25) is 0 Å². The summed E-state index contributed by atoms with van der Waals surface area (Å²) in [4.78, 5) is 15.7. The highest BCUT2D eigenvalue weighted by molar-refractivity contribution is 5.97. The van der Waals surface area contributed by atoms with Gasteiger partial charge in [0.05, 0.1) is 17.4 Å². The van der Waals surface area contributed by atoms with Crippen LogP contribution in [0.5, 0.6) is 0 Å². The van der Waals surface area contributed by atoms with Gasteiger partial charge in [-0.05, 0) is 30.9 Å². The van der Waals surface area contributed by atoms with E-state index in [0.29, 0.717) is 24.4 Å². The van der Waals surface area contributed by atoms with E-state index >= 15 is 0 Å². The van der Waals surface area contributed by atoms with E-state index in [-0.39, 0.29) is 5.91 Å². The highest BCUT2D eigenvalue weighted by Gasteiger charge is 2.37. The molecule has 5 heteroatoms. The summed E-state index contributed by atoms with van der Waals surface area (Å²) in [7, 11) is 0. The number of pyridine rings is 1. The van der Waals surface area contributed by atoms with Gasteiger partial charge in [0.2, 0.25) is 11.9 Å². The number of carbonyl (C=O) groups excluding carboxylic acids is 1. The number of nitrogens with zero attached hydrogens (tertiary/aromatic N) is 1. The molecule has 0 aliphatic heterocycles.